The van der Waals surface area contributed by atoms with E-state index >= 15 is 0 Å². The van der Waals surface area contributed by atoms with Crippen LogP contribution in [0, 0.1) is 6.92 Å². The van der Waals surface area contributed by atoms with Crippen LogP contribution in [-0.2, 0) is 19.3 Å². The van der Waals surface area contributed by atoms with Gasteiger partial charge in [0, 0.05) is 0 Å². The molecule has 0 aromatic heterocycles. The van der Waals surface area contributed by atoms with Crippen molar-refractivity contribution in [3.05, 3.63) is 33.9 Å². The van der Waals surface area contributed by atoms with Crippen molar-refractivity contribution in [2.24, 2.45) is 0 Å². The summed E-state index contributed by atoms with van der Waals surface area (Å²) in [5.41, 5.74) is 8.44. The first-order valence-corrected chi connectivity index (χ1v) is 6.45. The quantitative estimate of drug-likeness (QED) is 0.644. The molecule has 0 saturated heterocycles. The highest BCUT2D eigenvalue weighted by atomic mass is 14.3. The van der Waals surface area contributed by atoms with E-state index in [9.17, 15) is 0 Å². The standard InChI is InChI=1S/C15H20/c1-3-11-7-8-13-9-12-5-4-6-14(12)10(2)15(11)13/h9,11H,3-8H2,1-2H3. The maximum Gasteiger partial charge on any atom is -0.0156 e. The summed E-state index contributed by atoms with van der Waals surface area (Å²) in [5.74, 6) is 0.867. The van der Waals surface area contributed by atoms with Gasteiger partial charge in [-0.05, 0) is 79.2 Å². The van der Waals surface area contributed by atoms with Crippen LogP contribution in [0.25, 0.3) is 0 Å². The molecule has 0 amide bonds. The third kappa shape index (κ3) is 1.27. The van der Waals surface area contributed by atoms with E-state index in [0.717, 1.165) is 5.92 Å². The predicted octanol–water partition coefficient (Wildman–Crippen LogP) is 3.92. The highest BCUT2D eigenvalue weighted by Crippen LogP contribution is 2.41. The Morgan fingerprint density at radius 1 is 1.20 bits per heavy atom. The summed E-state index contributed by atoms with van der Waals surface area (Å²) >= 11 is 0. The SMILES string of the molecule is CCC1CCc2cc3c(c(C)c21)CCC3. The lowest BCUT2D eigenvalue weighted by atomic mass is 9.90. The minimum absolute atomic E-state index is 0.867. The highest BCUT2D eigenvalue weighted by Gasteiger charge is 2.27. The Morgan fingerprint density at radius 2 is 2.07 bits per heavy atom. The molecule has 1 aromatic carbocycles. The van der Waals surface area contributed by atoms with Crippen LogP contribution >= 0.6 is 0 Å². The third-order valence-corrected chi connectivity index (χ3v) is 4.47. The van der Waals surface area contributed by atoms with Crippen molar-refractivity contribution in [3.63, 3.8) is 0 Å². The van der Waals surface area contributed by atoms with Gasteiger partial charge in [-0.25, -0.2) is 0 Å². The van der Waals surface area contributed by atoms with Gasteiger partial charge in [0.2, 0.25) is 0 Å². The van der Waals surface area contributed by atoms with Gasteiger partial charge in [0.15, 0.2) is 0 Å². The smallest absolute Gasteiger partial charge is 0.0156 e. The van der Waals surface area contributed by atoms with Gasteiger partial charge in [-0.1, -0.05) is 13.0 Å². The summed E-state index contributed by atoms with van der Waals surface area (Å²) in [7, 11) is 0. The van der Waals surface area contributed by atoms with Crippen molar-refractivity contribution in [1.29, 1.82) is 0 Å². The molecule has 0 radical (unpaired) electrons. The predicted molar refractivity (Wildman–Crippen MR) is 64.6 cm³/mol. The van der Waals surface area contributed by atoms with E-state index in [-0.39, 0.29) is 0 Å². The lowest BCUT2D eigenvalue weighted by Crippen LogP contribution is -1.99. The third-order valence-electron chi connectivity index (χ3n) is 4.47. The zero-order valence-electron chi connectivity index (χ0n) is 9.90. The van der Waals surface area contributed by atoms with E-state index in [1.54, 1.807) is 27.8 Å². The van der Waals surface area contributed by atoms with Gasteiger partial charge < -0.3 is 0 Å². The van der Waals surface area contributed by atoms with Gasteiger partial charge >= 0.3 is 0 Å². The Morgan fingerprint density at radius 3 is 2.87 bits per heavy atom. The molecule has 0 fully saturated rings. The van der Waals surface area contributed by atoms with Gasteiger partial charge in [-0.3, -0.25) is 0 Å². The first kappa shape index (κ1) is 9.45. The molecule has 1 unspecified atom stereocenters. The molecule has 1 aromatic rings. The average Bonchev–Trinajstić information content (AvgIpc) is 2.83. The van der Waals surface area contributed by atoms with E-state index in [0.29, 0.717) is 0 Å². The minimum Gasteiger partial charge on any atom is -0.0648 e. The fourth-order valence-electron chi connectivity index (χ4n) is 3.70. The van der Waals surface area contributed by atoms with Crippen LogP contribution in [0.15, 0.2) is 6.07 Å². The molecule has 0 saturated carbocycles. The van der Waals surface area contributed by atoms with Crippen LogP contribution in [-0.4, -0.2) is 0 Å². The fourth-order valence-corrected chi connectivity index (χ4v) is 3.70. The van der Waals surface area contributed by atoms with Crippen LogP contribution < -0.4 is 0 Å². The molecule has 0 spiro atoms. The largest absolute Gasteiger partial charge is 0.0648 e. The number of hydrogen-bond acceptors (Lipinski definition) is 0. The lowest BCUT2D eigenvalue weighted by molar-refractivity contribution is 0.652. The molecule has 15 heavy (non-hydrogen) atoms. The average molecular weight is 200 g/mol. The van der Waals surface area contributed by atoms with Gasteiger partial charge in [0.05, 0.1) is 0 Å². The Labute approximate surface area is 92.7 Å². The fraction of sp³-hybridized carbons (Fsp3) is 0.600. The van der Waals surface area contributed by atoms with Crippen molar-refractivity contribution in [3.8, 4) is 0 Å². The number of hydrogen-bond donors (Lipinski definition) is 0. The normalized spacial score (nSPS) is 22.9. The van der Waals surface area contributed by atoms with Gasteiger partial charge in [0.25, 0.3) is 0 Å². The number of aryl methyl sites for hydroxylation is 2. The van der Waals surface area contributed by atoms with Crippen LogP contribution in [0.4, 0.5) is 0 Å². The second-order valence-corrected chi connectivity index (χ2v) is 5.21. The summed E-state index contributed by atoms with van der Waals surface area (Å²) in [5, 5.41) is 0. The second kappa shape index (κ2) is 3.37. The number of fused-ring (bicyclic) bond motifs is 2. The first-order chi connectivity index (χ1) is 7.31. The Balaban J connectivity index is 2.18. The van der Waals surface area contributed by atoms with Gasteiger partial charge in [0.1, 0.15) is 0 Å². The monoisotopic (exact) mass is 200 g/mol. The molecule has 0 heteroatoms. The minimum atomic E-state index is 0.867. The van der Waals surface area contributed by atoms with Crippen molar-refractivity contribution in [2.75, 3.05) is 0 Å². The van der Waals surface area contributed by atoms with E-state index < -0.39 is 0 Å². The zero-order chi connectivity index (χ0) is 10.4. The van der Waals surface area contributed by atoms with Crippen LogP contribution in [0.1, 0.15) is 59.9 Å². The molecular weight excluding hydrogens is 180 g/mol. The molecule has 0 N–H and O–H groups in total. The topological polar surface area (TPSA) is 0 Å². The summed E-state index contributed by atoms with van der Waals surface area (Å²) < 4.78 is 0. The molecule has 0 bridgehead atoms. The van der Waals surface area contributed by atoms with Crippen LogP contribution in [0.2, 0.25) is 0 Å². The van der Waals surface area contributed by atoms with E-state index in [1.165, 1.54) is 38.5 Å². The molecule has 1 atom stereocenters. The Kier molecular flexibility index (Phi) is 2.12. The molecular formula is C15H20. The highest BCUT2D eigenvalue weighted by molar-refractivity contribution is 5.51. The number of benzene rings is 1. The summed E-state index contributed by atoms with van der Waals surface area (Å²) in [6.07, 6.45) is 8.12. The summed E-state index contributed by atoms with van der Waals surface area (Å²) in [4.78, 5) is 0. The molecule has 2 aliphatic rings. The molecule has 0 nitrogen and oxygen atoms in total. The van der Waals surface area contributed by atoms with Crippen molar-refractivity contribution < 1.29 is 0 Å². The van der Waals surface area contributed by atoms with E-state index in [4.69, 9.17) is 0 Å². The Hall–Kier alpha value is -0.780. The second-order valence-electron chi connectivity index (χ2n) is 5.21. The van der Waals surface area contributed by atoms with E-state index in [2.05, 4.69) is 19.9 Å². The molecule has 0 heterocycles. The Bertz CT molecular complexity index is 401. The van der Waals surface area contributed by atoms with Crippen molar-refractivity contribution in [2.45, 2.75) is 58.3 Å². The van der Waals surface area contributed by atoms with Crippen LogP contribution in [0.3, 0.4) is 0 Å². The van der Waals surface area contributed by atoms with Crippen molar-refractivity contribution in [1.82, 2.24) is 0 Å². The number of rotatable bonds is 1. The molecule has 80 valence electrons. The van der Waals surface area contributed by atoms with E-state index in [1.807, 2.05) is 0 Å². The zero-order valence-corrected chi connectivity index (χ0v) is 9.90. The van der Waals surface area contributed by atoms with Crippen LogP contribution in [0.5, 0.6) is 0 Å². The summed E-state index contributed by atoms with van der Waals surface area (Å²) in [6.45, 7) is 4.71. The van der Waals surface area contributed by atoms with Crippen molar-refractivity contribution >= 4 is 0 Å². The van der Waals surface area contributed by atoms with Gasteiger partial charge in [-0.15, -0.1) is 0 Å². The molecule has 0 aliphatic heterocycles. The first-order valence-electron chi connectivity index (χ1n) is 6.45. The maximum atomic E-state index is 2.53. The molecule has 3 rings (SSSR count). The lowest BCUT2D eigenvalue weighted by Gasteiger charge is -2.15. The summed E-state index contributed by atoms with van der Waals surface area (Å²) in [6, 6.07) is 2.53. The molecule has 2 aliphatic carbocycles. The van der Waals surface area contributed by atoms with Gasteiger partial charge in [-0.2, -0.15) is 0 Å². The maximum absolute atomic E-state index is 2.53.